The van der Waals surface area contributed by atoms with Gasteiger partial charge < -0.3 is 10.0 Å². The highest BCUT2D eigenvalue weighted by atomic mass is 35.5. The minimum Gasteiger partial charge on any atom is -0.393 e. The molecule has 2 nitrogen and oxygen atoms in total. The van der Waals surface area contributed by atoms with E-state index in [0.717, 1.165) is 37.5 Å². The molecule has 0 bridgehead atoms. The Labute approximate surface area is 108 Å². The van der Waals surface area contributed by atoms with Gasteiger partial charge in [0.25, 0.3) is 0 Å². The topological polar surface area (TPSA) is 23.5 Å². The molecule has 2 rings (SSSR count). The minimum atomic E-state index is -0.170. The lowest BCUT2D eigenvalue weighted by molar-refractivity contribution is 0.0290. The van der Waals surface area contributed by atoms with Crippen molar-refractivity contribution in [1.29, 1.82) is 0 Å². The summed E-state index contributed by atoms with van der Waals surface area (Å²) in [5.41, 5.74) is 1.22. The predicted octanol–water partition coefficient (Wildman–Crippen LogP) is 2.59. The third kappa shape index (κ3) is 3.44. The number of benzene rings is 1. The summed E-state index contributed by atoms with van der Waals surface area (Å²) in [5.74, 6) is 0.335. The van der Waals surface area contributed by atoms with E-state index < -0.39 is 0 Å². The Hall–Kier alpha value is -0.570. The summed E-state index contributed by atoms with van der Waals surface area (Å²) in [5, 5.41) is 10.8. The van der Waals surface area contributed by atoms with Crippen molar-refractivity contribution in [1.82, 2.24) is 4.90 Å². The van der Waals surface area contributed by atoms with E-state index in [9.17, 15) is 5.11 Å². The van der Waals surface area contributed by atoms with Crippen molar-refractivity contribution in [3.05, 3.63) is 34.9 Å². The van der Waals surface area contributed by atoms with Crippen LogP contribution in [0.4, 0.5) is 0 Å². The lowest BCUT2D eigenvalue weighted by Gasteiger charge is -2.35. The molecule has 3 heteroatoms. The number of aliphatic hydroxyl groups excluding tert-OH is 1. The number of hydrogen-bond donors (Lipinski definition) is 1. The molecule has 1 aliphatic heterocycles. The number of nitrogens with zero attached hydrogens (tertiary/aromatic N) is 1. The summed E-state index contributed by atoms with van der Waals surface area (Å²) in [6, 6.07) is 7.95. The zero-order chi connectivity index (χ0) is 12.3. The molecule has 1 saturated heterocycles. The number of hydrogen-bond acceptors (Lipinski definition) is 2. The third-order valence-electron chi connectivity index (χ3n) is 3.61. The van der Waals surface area contributed by atoms with Gasteiger partial charge in [0.05, 0.1) is 6.10 Å². The monoisotopic (exact) mass is 253 g/mol. The summed E-state index contributed by atoms with van der Waals surface area (Å²) in [6.45, 7) is 5.25. The Kier molecular flexibility index (Phi) is 4.43. The molecule has 1 aromatic carbocycles. The van der Waals surface area contributed by atoms with Crippen LogP contribution in [0.2, 0.25) is 5.02 Å². The molecule has 0 amide bonds. The van der Waals surface area contributed by atoms with E-state index in [1.807, 2.05) is 18.2 Å². The molecule has 94 valence electrons. The molecule has 1 aliphatic rings. The van der Waals surface area contributed by atoms with Gasteiger partial charge in [-0.25, -0.2) is 0 Å². The van der Waals surface area contributed by atoms with Crippen LogP contribution >= 0.6 is 11.6 Å². The fraction of sp³-hybridized carbons (Fsp3) is 0.571. The van der Waals surface area contributed by atoms with Crippen molar-refractivity contribution < 1.29 is 5.11 Å². The number of piperidine rings is 1. The molecule has 1 heterocycles. The Balaban J connectivity index is 2.01. The highest BCUT2D eigenvalue weighted by Crippen LogP contribution is 2.22. The van der Waals surface area contributed by atoms with Crippen LogP contribution in [0.5, 0.6) is 0 Å². The predicted molar refractivity (Wildman–Crippen MR) is 71.4 cm³/mol. The molecular formula is C14H20ClNO. The quantitative estimate of drug-likeness (QED) is 0.895. The van der Waals surface area contributed by atoms with Gasteiger partial charge in [-0.3, -0.25) is 0 Å². The maximum atomic E-state index is 10.1. The van der Waals surface area contributed by atoms with Gasteiger partial charge in [-0.2, -0.15) is 0 Å². The Bertz CT molecular complexity index is 369. The fourth-order valence-corrected chi connectivity index (χ4v) is 2.76. The lowest BCUT2D eigenvalue weighted by atomic mass is 9.89. The van der Waals surface area contributed by atoms with Crippen LogP contribution in [0, 0.1) is 5.92 Å². The molecule has 0 saturated carbocycles. The van der Waals surface area contributed by atoms with Crippen molar-refractivity contribution in [2.45, 2.75) is 25.9 Å². The Morgan fingerprint density at radius 3 is 3.00 bits per heavy atom. The smallest absolute Gasteiger partial charge is 0.0596 e. The SMILES string of the molecule is CCN1CCC(O)C(Cc2cccc(Cl)c2)C1. The fourth-order valence-electron chi connectivity index (χ4n) is 2.55. The van der Waals surface area contributed by atoms with E-state index >= 15 is 0 Å². The summed E-state index contributed by atoms with van der Waals surface area (Å²) in [4.78, 5) is 2.40. The number of halogens is 1. The molecule has 0 radical (unpaired) electrons. The van der Waals surface area contributed by atoms with Gasteiger partial charge in [-0.15, -0.1) is 0 Å². The van der Waals surface area contributed by atoms with E-state index in [-0.39, 0.29) is 6.10 Å². The van der Waals surface area contributed by atoms with Crippen LogP contribution < -0.4 is 0 Å². The van der Waals surface area contributed by atoms with Gasteiger partial charge in [-0.05, 0) is 37.1 Å². The van der Waals surface area contributed by atoms with Crippen molar-refractivity contribution >= 4 is 11.6 Å². The summed E-state index contributed by atoms with van der Waals surface area (Å²) in [7, 11) is 0. The van der Waals surface area contributed by atoms with E-state index in [2.05, 4.69) is 17.9 Å². The van der Waals surface area contributed by atoms with Gasteiger partial charge >= 0.3 is 0 Å². The molecule has 0 aromatic heterocycles. The van der Waals surface area contributed by atoms with Gasteiger partial charge in [0.1, 0.15) is 0 Å². The molecule has 2 atom stereocenters. The highest BCUT2D eigenvalue weighted by molar-refractivity contribution is 6.30. The first kappa shape index (κ1) is 12.9. The van der Waals surface area contributed by atoms with Crippen molar-refractivity contribution in [3.8, 4) is 0 Å². The van der Waals surface area contributed by atoms with Gasteiger partial charge in [0, 0.05) is 24.0 Å². The first-order valence-corrected chi connectivity index (χ1v) is 6.71. The van der Waals surface area contributed by atoms with Gasteiger partial charge in [0.2, 0.25) is 0 Å². The van der Waals surface area contributed by atoms with Gasteiger partial charge in [-0.1, -0.05) is 30.7 Å². The second kappa shape index (κ2) is 5.85. The van der Waals surface area contributed by atoms with Crippen LogP contribution in [0.25, 0.3) is 0 Å². The number of rotatable bonds is 3. The van der Waals surface area contributed by atoms with Crippen molar-refractivity contribution in [2.75, 3.05) is 19.6 Å². The van der Waals surface area contributed by atoms with Crippen LogP contribution in [0.3, 0.4) is 0 Å². The maximum absolute atomic E-state index is 10.1. The van der Waals surface area contributed by atoms with E-state index in [0.29, 0.717) is 5.92 Å². The maximum Gasteiger partial charge on any atom is 0.0596 e. The summed E-state index contributed by atoms with van der Waals surface area (Å²) in [6.07, 6.45) is 1.63. The first-order valence-electron chi connectivity index (χ1n) is 6.34. The van der Waals surface area contributed by atoms with Crippen LogP contribution in [-0.4, -0.2) is 35.7 Å². The summed E-state index contributed by atoms with van der Waals surface area (Å²) < 4.78 is 0. The van der Waals surface area contributed by atoms with Gasteiger partial charge in [0.15, 0.2) is 0 Å². The second-order valence-corrected chi connectivity index (χ2v) is 5.28. The van der Waals surface area contributed by atoms with Crippen LogP contribution in [0.1, 0.15) is 18.9 Å². The first-order chi connectivity index (χ1) is 8.19. The van der Waals surface area contributed by atoms with Crippen LogP contribution in [-0.2, 0) is 6.42 Å². The van der Waals surface area contributed by atoms with E-state index in [1.54, 1.807) is 0 Å². The summed E-state index contributed by atoms with van der Waals surface area (Å²) >= 11 is 5.98. The largest absolute Gasteiger partial charge is 0.393 e. The van der Waals surface area contributed by atoms with Crippen molar-refractivity contribution in [2.24, 2.45) is 5.92 Å². The molecule has 0 spiro atoms. The van der Waals surface area contributed by atoms with E-state index in [1.165, 1.54) is 5.56 Å². The molecular weight excluding hydrogens is 234 g/mol. The highest BCUT2D eigenvalue weighted by Gasteiger charge is 2.26. The minimum absolute atomic E-state index is 0.170. The standard InChI is InChI=1S/C14H20ClNO/c1-2-16-7-6-14(17)12(10-16)8-11-4-3-5-13(15)9-11/h3-5,9,12,14,17H,2,6-8,10H2,1H3. The molecule has 17 heavy (non-hydrogen) atoms. The number of aliphatic hydroxyl groups is 1. The lowest BCUT2D eigenvalue weighted by Crippen LogP contribution is -2.43. The Morgan fingerprint density at radius 1 is 1.47 bits per heavy atom. The molecule has 1 fully saturated rings. The van der Waals surface area contributed by atoms with Crippen molar-refractivity contribution in [3.63, 3.8) is 0 Å². The second-order valence-electron chi connectivity index (χ2n) is 4.84. The third-order valence-corrected chi connectivity index (χ3v) is 3.85. The molecule has 1 N–H and O–H groups in total. The zero-order valence-electron chi connectivity index (χ0n) is 10.3. The molecule has 1 aromatic rings. The Morgan fingerprint density at radius 2 is 2.29 bits per heavy atom. The molecule has 2 unspecified atom stereocenters. The van der Waals surface area contributed by atoms with E-state index in [4.69, 9.17) is 11.6 Å². The normalized spacial score (nSPS) is 26.1. The average Bonchev–Trinajstić information content (AvgIpc) is 2.32. The average molecular weight is 254 g/mol. The zero-order valence-corrected chi connectivity index (χ0v) is 11.0. The number of likely N-dealkylation sites (tertiary alicyclic amines) is 1. The molecule has 0 aliphatic carbocycles. The van der Waals surface area contributed by atoms with Crippen LogP contribution in [0.15, 0.2) is 24.3 Å².